The molecular formula is C14H23FN2. The van der Waals surface area contributed by atoms with Crippen molar-refractivity contribution in [2.75, 3.05) is 25.0 Å². The molecule has 17 heavy (non-hydrogen) atoms. The van der Waals surface area contributed by atoms with Crippen LogP contribution in [0.5, 0.6) is 0 Å². The third-order valence-electron chi connectivity index (χ3n) is 2.72. The second-order valence-electron chi connectivity index (χ2n) is 4.71. The van der Waals surface area contributed by atoms with Crippen molar-refractivity contribution in [2.24, 2.45) is 5.92 Å². The summed E-state index contributed by atoms with van der Waals surface area (Å²) in [4.78, 5) is 2.12. The number of halogens is 1. The Morgan fingerprint density at radius 2 is 2.06 bits per heavy atom. The Kier molecular flexibility index (Phi) is 5.42. The van der Waals surface area contributed by atoms with Gasteiger partial charge in [0.1, 0.15) is 5.82 Å². The summed E-state index contributed by atoms with van der Waals surface area (Å²) in [6, 6.07) is 5.30. The van der Waals surface area contributed by atoms with E-state index >= 15 is 0 Å². The largest absolute Gasteiger partial charge is 0.369 e. The normalized spacial score (nSPS) is 10.9. The summed E-state index contributed by atoms with van der Waals surface area (Å²) in [5, 5.41) is 3.09. The van der Waals surface area contributed by atoms with Crippen LogP contribution in [0.15, 0.2) is 18.2 Å². The van der Waals surface area contributed by atoms with Gasteiger partial charge in [-0.25, -0.2) is 4.39 Å². The fraction of sp³-hybridized carbons (Fsp3) is 0.571. The molecular weight excluding hydrogens is 215 g/mol. The average Bonchev–Trinajstić information content (AvgIpc) is 2.27. The third-order valence-corrected chi connectivity index (χ3v) is 2.72. The summed E-state index contributed by atoms with van der Waals surface area (Å²) in [6.07, 6.45) is 0. The maximum atomic E-state index is 14.0. The summed E-state index contributed by atoms with van der Waals surface area (Å²) in [6.45, 7) is 8.78. The van der Waals surface area contributed by atoms with E-state index in [9.17, 15) is 4.39 Å². The first-order valence-corrected chi connectivity index (χ1v) is 6.27. The number of anilines is 1. The first kappa shape index (κ1) is 14.0. The summed E-state index contributed by atoms with van der Waals surface area (Å²) >= 11 is 0. The number of nitrogens with zero attached hydrogens (tertiary/aromatic N) is 1. The standard InChI is InChI=1S/C14H23FN2/c1-5-17(10-11(2)3)14-12(9-16-4)7-6-8-13(14)15/h6-8,11,16H,5,9-10H2,1-4H3. The summed E-state index contributed by atoms with van der Waals surface area (Å²) in [5.74, 6) is 0.400. The van der Waals surface area contributed by atoms with Gasteiger partial charge in [-0.05, 0) is 31.5 Å². The van der Waals surface area contributed by atoms with Crippen molar-refractivity contribution in [1.29, 1.82) is 0 Å². The van der Waals surface area contributed by atoms with Crippen LogP contribution in [0.3, 0.4) is 0 Å². The van der Waals surface area contributed by atoms with Crippen molar-refractivity contribution >= 4 is 5.69 Å². The molecule has 0 fully saturated rings. The second kappa shape index (κ2) is 6.60. The van der Waals surface area contributed by atoms with Gasteiger partial charge in [-0.2, -0.15) is 0 Å². The lowest BCUT2D eigenvalue weighted by Gasteiger charge is -2.28. The molecule has 0 aliphatic heterocycles. The summed E-state index contributed by atoms with van der Waals surface area (Å²) in [5.41, 5.74) is 1.77. The van der Waals surface area contributed by atoms with Gasteiger partial charge >= 0.3 is 0 Å². The molecule has 0 unspecified atom stereocenters. The Morgan fingerprint density at radius 3 is 2.59 bits per heavy atom. The smallest absolute Gasteiger partial charge is 0.146 e. The van der Waals surface area contributed by atoms with E-state index in [0.29, 0.717) is 12.5 Å². The molecule has 3 heteroatoms. The number of hydrogen-bond donors (Lipinski definition) is 1. The van der Waals surface area contributed by atoms with Crippen molar-refractivity contribution in [3.05, 3.63) is 29.6 Å². The minimum absolute atomic E-state index is 0.125. The fourth-order valence-electron chi connectivity index (χ4n) is 2.07. The molecule has 0 radical (unpaired) electrons. The van der Waals surface area contributed by atoms with Crippen molar-refractivity contribution in [2.45, 2.75) is 27.3 Å². The van der Waals surface area contributed by atoms with Crippen LogP contribution in [0.25, 0.3) is 0 Å². The average molecular weight is 238 g/mol. The van der Waals surface area contributed by atoms with Crippen LogP contribution in [-0.2, 0) is 6.54 Å². The molecule has 1 rings (SSSR count). The minimum atomic E-state index is -0.125. The van der Waals surface area contributed by atoms with E-state index in [1.807, 2.05) is 13.1 Å². The zero-order chi connectivity index (χ0) is 12.8. The van der Waals surface area contributed by atoms with Crippen LogP contribution < -0.4 is 10.2 Å². The number of nitrogens with one attached hydrogen (secondary N) is 1. The molecule has 0 amide bonds. The molecule has 1 aromatic carbocycles. The maximum Gasteiger partial charge on any atom is 0.146 e. The van der Waals surface area contributed by atoms with Gasteiger partial charge in [0.25, 0.3) is 0 Å². The van der Waals surface area contributed by atoms with E-state index < -0.39 is 0 Å². The van der Waals surface area contributed by atoms with E-state index in [2.05, 4.69) is 31.0 Å². The van der Waals surface area contributed by atoms with Crippen molar-refractivity contribution in [3.8, 4) is 0 Å². The lowest BCUT2D eigenvalue weighted by atomic mass is 10.1. The lowest BCUT2D eigenvalue weighted by Crippen LogP contribution is -2.29. The molecule has 1 aromatic rings. The molecule has 0 aliphatic carbocycles. The van der Waals surface area contributed by atoms with Gasteiger partial charge in [0.05, 0.1) is 5.69 Å². The summed E-state index contributed by atoms with van der Waals surface area (Å²) in [7, 11) is 1.88. The van der Waals surface area contributed by atoms with Gasteiger partial charge in [0.15, 0.2) is 0 Å². The van der Waals surface area contributed by atoms with Crippen LogP contribution in [0, 0.1) is 11.7 Å². The number of para-hydroxylation sites is 1. The van der Waals surface area contributed by atoms with Gasteiger partial charge in [-0.3, -0.25) is 0 Å². The highest BCUT2D eigenvalue weighted by Crippen LogP contribution is 2.25. The van der Waals surface area contributed by atoms with Crippen molar-refractivity contribution in [1.82, 2.24) is 5.32 Å². The predicted octanol–water partition coefficient (Wildman–Crippen LogP) is 3.03. The third kappa shape index (κ3) is 3.70. The number of hydrogen-bond acceptors (Lipinski definition) is 2. The molecule has 2 nitrogen and oxygen atoms in total. The monoisotopic (exact) mass is 238 g/mol. The highest BCUT2D eigenvalue weighted by atomic mass is 19.1. The zero-order valence-corrected chi connectivity index (χ0v) is 11.3. The Labute approximate surface area is 104 Å². The Balaban J connectivity index is 3.06. The van der Waals surface area contributed by atoms with Gasteiger partial charge < -0.3 is 10.2 Å². The second-order valence-corrected chi connectivity index (χ2v) is 4.71. The highest BCUT2D eigenvalue weighted by molar-refractivity contribution is 5.55. The zero-order valence-electron chi connectivity index (χ0n) is 11.3. The highest BCUT2D eigenvalue weighted by Gasteiger charge is 2.15. The minimum Gasteiger partial charge on any atom is -0.369 e. The van der Waals surface area contributed by atoms with Crippen LogP contribution in [0.1, 0.15) is 26.3 Å². The van der Waals surface area contributed by atoms with Gasteiger partial charge in [-0.1, -0.05) is 26.0 Å². The molecule has 0 atom stereocenters. The number of benzene rings is 1. The van der Waals surface area contributed by atoms with E-state index in [4.69, 9.17) is 0 Å². The Bertz CT molecular complexity index is 350. The SMILES string of the molecule is CCN(CC(C)C)c1c(F)cccc1CNC. The van der Waals surface area contributed by atoms with Crippen molar-refractivity contribution < 1.29 is 4.39 Å². The molecule has 0 saturated carbocycles. The van der Waals surface area contributed by atoms with Crippen LogP contribution in [0.2, 0.25) is 0 Å². The summed E-state index contributed by atoms with van der Waals surface area (Å²) < 4.78 is 14.0. The topological polar surface area (TPSA) is 15.3 Å². The van der Waals surface area contributed by atoms with E-state index in [-0.39, 0.29) is 5.82 Å². The first-order chi connectivity index (χ1) is 8.10. The van der Waals surface area contributed by atoms with Crippen LogP contribution in [0.4, 0.5) is 10.1 Å². The van der Waals surface area contributed by atoms with Crippen molar-refractivity contribution in [3.63, 3.8) is 0 Å². The van der Waals surface area contributed by atoms with E-state index in [1.165, 1.54) is 6.07 Å². The number of rotatable bonds is 6. The van der Waals surface area contributed by atoms with E-state index in [1.54, 1.807) is 6.07 Å². The van der Waals surface area contributed by atoms with Crippen LogP contribution in [-0.4, -0.2) is 20.1 Å². The molecule has 0 bridgehead atoms. The molecule has 0 spiro atoms. The molecule has 0 aliphatic rings. The molecule has 0 saturated heterocycles. The quantitative estimate of drug-likeness (QED) is 0.819. The Hall–Kier alpha value is -1.09. The maximum absolute atomic E-state index is 14.0. The first-order valence-electron chi connectivity index (χ1n) is 6.27. The van der Waals surface area contributed by atoms with Gasteiger partial charge in [0.2, 0.25) is 0 Å². The van der Waals surface area contributed by atoms with Gasteiger partial charge in [0, 0.05) is 19.6 Å². The van der Waals surface area contributed by atoms with E-state index in [0.717, 1.165) is 24.3 Å². The Morgan fingerprint density at radius 1 is 1.35 bits per heavy atom. The molecule has 0 aromatic heterocycles. The lowest BCUT2D eigenvalue weighted by molar-refractivity contribution is 0.582. The van der Waals surface area contributed by atoms with Crippen LogP contribution >= 0.6 is 0 Å². The molecule has 1 N–H and O–H groups in total. The molecule has 96 valence electrons. The van der Waals surface area contributed by atoms with Gasteiger partial charge in [-0.15, -0.1) is 0 Å². The fourth-order valence-corrected chi connectivity index (χ4v) is 2.07. The molecule has 0 heterocycles. The predicted molar refractivity (Wildman–Crippen MR) is 71.9 cm³/mol.